The summed E-state index contributed by atoms with van der Waals surface area (Å²) in [5.74, 6) is -0.705. The SMILES string of the molecule is O=S(=O)(CCO)OF. The Balaban J connectivity index is 3.76. The summed E-state index contributed by atoms with van der Waals surface area (Å²) < 4.78 is 32.9. The van der Waals surface area contributed by atoms with Crippen molar-refractivity contribution in [2.75, 3.05) is 12.4 Å². The van der Waals surface area contributed by atoms with E-state index in [0.29, 0.717) is 0 Å². The molecular weight excluding hydrogens is 139 g/mol. The summed E-state index contributed by atoms with van der Waals surface area (Å²) in [6.07, 6.45) is 0. The summed E-state index contributed by atoms with van der Waals surface area (Å²) in [4.78, 5) is 0. The van der Waals surface area contributed by atoms with Gasteiger partial charge >= 0.3 is 0 Å². The molecule has 0 rings (SSSR count). The Kier molecular flexibility index (Phi) is 2.88. The van der Waals surface area contributed by atoms with Crippen LogP contribution in [0, 0.1) is 0 Å². The fourth-order valence-electron chi connectivity index (χ4n) is 0.143. The second-order valence-electron chi connectivity index (χ2n) is 1.05. The third kappa shape index (κ3) is 2.89. The molecule has 0 aliphatic rings. The number of hydrogen-bond acceptors (Lipinski definition) is 4. The van der Waals surface area contributed by atoms with Crippen LogP contribution in [0.1, 0.15) is 0 Å². The molecule has 0 spiro atoms. The van der Waals surface area contributed by atoms with E-state index in [-0.39, 0.29) is 0 Å². The molecule has 0 fully saturated rings. The molecule has 0 aromatic rings. The molecule has 1 N–H and O–H groups in total. The second-order valence-corrected chi connectivity index (χ2v) is 2.70. The van der Waals surface area contributed by atoms with E-state index in [2.05, 4.69) is 4.39 Å². The lowest BCUT2D eigenvalue weighted by atomic mass is 10.9. The van der Waals surface area contributed by atoms with Gasteiger partial charge in [0.25, 0.3) is 10.1 Å². The van der Waals surface area contributed by atoms with Crippen LogP contribution < -0.4 is 0 Å². The first kappa shape index (κ1) is 7.80. The minimum atomic E-state index is -4.09. The quantitative estimate of drug-likeness (QED) is 0.563. The van der Waals surface area contributed by atoms with Crippen molar-refractivity contribution in [3.05, 3.63) is 0 Å². The average molecular weight is 144 g/mol. The number of halogens is 1. The molecule has 4 nitrogen and oxygen atoms in total. The van der Waals surface area contributed by atoms with Gasteiger partial charge in [-0.05, 0) is 4.53 Å². The first-order chi connectivity index (χ1) is 3.62. The molecular formula is C2H5FO4S. The molecule has 0 aliphatic heterocycles. The first-order valence-corrected chi connectivity index (χ1v) is 3.34. The molecule has 0 atom stereocenters. The van der Waals surface area contributed by atoms with E-state index >= 15 is 0 Å². The van der Waals surface area contributed by atoms with Gasteiger partial charge in [-0.2, -0.15) is 8.42 Å². The Bertz CT molecular complexity index is 138. The van der Waals surface area contributed by atoms with Crippen molar-refractivity contribution >= 4 is 10.1 Å². The van der Waals surface area contributed by atoms with Crippen LogP contribution in [0.2, 0.25) is 0 Å². The van der Waals surface area contributed by atoms with Gasteiger partial charge in [0.2, 0.25) is 0 Å². The summed E-state index contributed by atoms with van der Waals surface area (Å²) >= 11 is 0. The van der Waals surface area contributed by atoms with E-state index in [1.54, 1.807) is 0 Å². The van der Waals surface area contributed by atoms with Crippen LogP contribution in [0.3, 0.4) is 0 Å². The standard InChI is InChI=1S/C2H5FO4S/c3-7-8(5,6)2-1-4/h4H,1-2H2. The zero-order valence-electron chi connectivity index (χ0n) is 3.87. The normalized spacial score (nSPS) is 11.8. The Morgan fingerprint density at radius 2 is 2.12 bits per heavy atom. The van der Waals surface area contributed by atoms with Crippen molar-refractivity contribution in [1.82, 2.24) is 0 Å². The van der Waals surface area contributed by atoms with E-state index in [9.17, 15) is 12.9 Å². The molecule has 0 aliphatic carbocycles. The number of hydrogen-bond donors (Lipinski definition) is 1. The van der Waals surface area contributed by atoms with Gasteiger partial charge in [-0.25, -0.2) is 0 Å². The maximum absolute atomic E-state index is 10.8. The molecule has 0 saturated carbocycles. The smallest absolute Gasteiger partial charge is 0.300 e. The molecule has 50 valence electrons. The highest BCUT2D eigenvalue weighted by atomic mass is 32.2. The Hall–Kier alpha value is -0.200. The second kappa shape index (κ2) is 2.95. The van der Waals surface area contributed by atoms with Crippen LogP contribution in [0.15, 0.2) is 0 Å². The van der Waals surface area contributed by atoms with Crippen molar-refractivity contribution < 1.29 is 22.4 Å². The summed E-state index contributed by atoms with van der Waals surface area (Å²) in [6.45, 7) is -0.633. The van der Waals surface area contributed by atoms with E-state index in [4.69, 9.17) is 5.11 Å². The fourth-order valence-corrected chi connectivity index (χ4v) is 0.430. The lowest BCUT2D eigenvalue weighted by Crippen LogP contribution is -2.08. The molecule has 6 heteroatoms. The summed E-state index contributed by atoms with van der Waals surface area (Å²) in [5.41, 5.74) is 0. The largest absolute Gasteiger partial charge is 0.395 e. The third-order valence-electron chi connectivity index (χ3n) is 0.437. The van der Waals surface area contributed by atoms with Crippen molar-refractivity contribution in [1.29, 1.82) is 0 Å². The number of aliphatic hydroxyl groups is 1. The molecule has 0 bridgehead atoms. The molecule has 0 aromatic heterocycles. The van der Waals surface area contributed by atoms with Gasteiger partial charge in [0.15, 0.2) is 0 Å². The predicted molar refractivity (Wildman–Crippen MR) is 23.1 cm³/mol. The van der Waals surface area contributed by atoms with Gasteiger partial charge in [-0.1, -0.05) is 4.39 Å². The van der Waals surface area contributed by atoms with Gasteiger partial charge < -0.3 is 5.11 Å². The molecule has 0 aromatic carbocycles. The highest BCUT2D eigenvalue weighted by Gasteiger charge is 2.08. The van der Waals surface area contributed by atoms with Crippen LogP contribution in [-0.4, -0.2) is 25.9 Å². The van der Waals surface area contributed by atoms with Gasteiger partial charge in [0, 0.05) is 0 Å². The lowest BCUT2D eigenvalue weighted by molar-refractivity contribution is 0.00236. The van der Waals surface area contributed by atoms with E-state index in [1.807, 2.05) is 0 Å². The molecule has 0 amide bonds. The summed E-state index contributed by atoms with van der Waals surface area (Å²) in [6, 6.07) is 0. The topological polar surface area (TPSA) is 63.6 Å². The maximum atomic E-state index is 10.8. The van der Waals surface area contributed by atoms with E-state index < -0.39 is 22.5 Å². The Morgan fingerprint density at radius 1 is 1.62 bits per heavy atom. The third-order valence-corrected chi connectivity index (χ3v) is 1.31. The van der Waals surface area contributed by atoms with Crippen molar-refractivity contribution in [2.45, 2.75) is 0 Å². The minimum absolute atomic E-state index is 0.633. The molecule has 0 saturated heterocycles. The Morgan fingerprint density at radius 3 is 2.25 bits per heavy atom. The monoisotopic (exact) mass is 144 g/mol. The molecule has 8 heavy (non-hydrogen) atoms. The van der Waals surface area contributed by atoms with Gasteiger partial charge in [-0.15, -0.1) is 0 Å². The number of rotatable bonds is 3. The zero-order valence-corrected chi connectivity index (χ0v) is 4.69. The highest BCUT2D eigenvalue weighted by molar-refractivity contribution is 7.86. The molecule has 0 heterocycles. The van der Waals surface area contributed by atoms with Crippen LogP contribution in [-0.2, 0) is 14.5 Å². The maximum Gasteiger partial charge on any atom is 0.300 e. The summed E-state index contributed by atoms with van der Waals surface area (Å²) in [7, 11) is -4.09. The molecule has 0 unspecified atom stereocenters. The molecule has 0 radical (unpaired) electrons. The fraction of sp³-hybridized carbons (Fsp3) is 1.00. The van der Waals surface area contributed by atoms with E-state index in [1.165, 1.54) is 0 Å². The predicted octanol–water partition coefficient (Wildman–Crippen LogP) is -0.790. The van der Waals surface area contributed by atoms with Crippen LogP contribution in [0.4, 0.5) is 4.53 Å². The summed E-state index contributed by atoms with van der Waals surface area (Å²) in [5, 5.41) is 7.91. The lowest BCUT2D eigenvalue weighted by Gasteiger charge is -1.89. The van der Waals surface area contributed by atoms with Crippen molar-refractivity contribution in [2.24, 2.45) is 0 Å². The van der Waals surface area contributed by atoms with Gasteiger partial charge in [0.05, 0.1) is 6.61 Å². The number of aliphatic hydroxyl groups excluding tert-OH is 1. The van der Waals surface area contributed by atoms with Crippen LogP contribution in [0.25, 0.3) is 0 Å². The average Bonchev–Trinajstić information content (AvgIpc) is 1.67. The van der Waals surface area contributed by atoms with Crippen LogP contribution in [0.5, 0.6) is 0 Å². The first-order valence-electron chi connectivity index (χ1n) is 1.76. The van der Waals surface area contributed by atoms with Gasteiger partial charge in [0.1, 0.15) is 5.75 Å². The highest BCUT2D eigenvalue weighted by Crippen LogP contribution is 1.90. The van der Waals surface area contributed by atoms with Crippen molar-refractivity contribution in [3.8, 4) is 0 Å². The van der Waals surface area contributed by atoms with Crippen LogP contribution >= 0.6 is 0 Å². The van der Waals surface area contributed by atoms with E-state index in [0.717, 1.165) is 0 Å². The zero-order chi connectivity index (χ0) is 6.62. The minimum Gasteiger partial charge on any atom is -0.395 e. The Labute approximate surface area is 45.9 Å². The van der Waals surface area contributed by atoms with Crippen molar-refractivity contribution in [3.63, 3.8) is 0 Å². The van der Waals surface area contributed by atoms with Gasteiger partial charge in [-0.3, -0.25) is 0 Å².